The van der Waals surface area contributed by atoms with Crippen LogP contribution in [0.5, 0.6) is 5.75 Å². The number of hydrogen-bond acceptors (Lipinski definition) is 2. The van der Waals surface area contributed by atoms with E-state index in [0.717, 1.165) is 25.4 Å². The van der Waals surface area contributed by atoms with Crippen molar-refractivity contribution >= 4 is 10.9 Å². The normalized spacial score (nSPS) is 15.1. The van der Waals surface area contributed by atoms with Crippen molar-refractivity contribution < 1.29 is 4.74 Å². The Morgan fingerprint density at radius 2 is 2.25 bits per heavy atom. The predicted molar refractivity (Wildman–Crippen MR) is 64.9 cm³/mol. The molecule has 1 aliphatic heterocycles. The molecule has 2 heterocycles. The van der Waals surface area contributed by atoms with E-state index in [4.69, 9.17) is 4.74 Å². The maximum atomic E-state index is 5.47. The summed E-state index contributed by atoms with van der Waals surface area (Å²) in [7, 11) is 1.74. The number of benzene rings is 1. The number of fused-ring (bicyclic) bond motifs is 3. The fraction of sp³-hybridized carbons (Fsp3) is 0.385. The summed E-state index contributed by atoms with van der Waals surface area (Å²) in [5, 5.41) is 4.71. The Balaban J connectivity index is 2.37. The number of aromatic nitrogens is 1. The average Bonchev–Trinajstić information content (AvgIpc) is 2.70. The van der Waals surface area contributed by atoms with Crippen LogP contribution >= 0.6 is 0 Å². The standard InChI is InChI=1S/C13H16N2O/c1-9-3-4-12(16-2)13-11(9)7-10-8-14-5-6-15(10)13/h3-4,7,14H,5-6,8H2,1-2H3. The highest BCUT2D eigenvalue weighted by molar-refractivity contribution is 5.90. The summed E-state index contributed by atoms with van der Waals surface area (Å²) in [6.45, 7) is 5.17. The summed E-state index contributed by atoms with van der Waals surface area (Å²) in [5.74, 6) is 0.980. The number of nitrogens with zero attached hydrogens (tertiary/aromatic N) is 1. The second-order valence-corrected chi connectivity index (χ2v) is 4.31. The fourth-order valence-electron chi connectivity index (χ4n) is 2.51. The molecule has 0 aliphatic carbocycles. The molecule has 0 bridgehead atoms. The van der Waals surface area contributed by atoms with Crippen LogP contribution in [-0.2, 0) is 13.1 Å². The molecule has 16 heavy (non-hydrogen) atoms. The third-order valence-corrected chi connectivity index (χ3v) is 3.36. The summed E-state index contributed by atoms with van der Waals surface area (Å²) >= 11 is 0. The molecule has 0 radical (unpaired) electrons. The van der Waals surface area contributed by atoms with Crippen molar-refractivity contribution in [3.05, 3.63) is 29.5 Å². The van der Waals surface area contributed by atoms with Crippen molar-refractivity contribution in [2.75, 3.05) is 13.7 Å². The monoisotopic (exact) mass is 216 g/mol. The highest BCUT2D eigenvalue weighted by Crippen LogP contribution is 2.32. The topological polar surface area (TPSA) is 26.2 Å². The van der Waals surface area contributed by atoms with Crippen molar-refractivity contribution in [1.29, 1.82) is 0 Å². The van der Waals surface area contributed by atoms with Gasteiger partial charge in [0, 0.05) is 30.7 Å². The maximum absolute atomic E-state index is 5.47. The van der Waals surface area contributed by atoms with Gasteiger partial charge in [0.25, 0.3) is 0 Å². The van der Waals surface area contributed by atoms with E-state index in [1.165, 1.54) is 22.2 Å². The van der Waals surface area contributed by atoms with Crippen LogP contribution in [0.25, 0.3) is 10.9 Å². The lowest BCUT2D eigenvalue weighted by Crippen LogP contribution is -2.27. The smallest absolute Gasteiger partial charge is 0.143 e. The van der Waals surface area contributed by atoms with E-state index < -0.39 is 0 Å². The zero-order valence-electron chi connectivity index (χ0n) is 9.71. The Labute approximate surface area is 95.0 Å². The Hall–Kier alpha value is -1.48. The summed E-state index contributed by atoms with van der Waals surface area (Å²) in [6.07, 6.45) is 0. The number of ether oxygens (including phenoxy) is 1. The lowest BCUT2D eigenvalue weighted by atomic mass is 10.1. The molecule has 1 N–H and O–H groups in total. The predicted octanol–water partition coefficient (Wildman–Crippen LogP) is 2.06. The van der Waals surface area contributed by atoms with Gasteiger partial charge in [-0.15, -0.1) is 0 Å². The van der Waals surface area contributed by atoms with Crippen molar-refractivity contribution in [1.82, 2.24) is 9.88 Å². The molecular formula is C13H16N2O. The van der Waals surface area contributed by atoms with Crippen molar-refractivity contribution in [2.45, 2.75) is 20.0 Å². The van der Waals surface area contributed by atoms with Crippen LogP contribution in [0.1, 0.15) is 11.3 Å². The number of methoxy groups -OCH3 is 1. The highest BCUT2D eigenvalue weighted by atomic mass is 16.5. The van der Waals surface area contributed by atoms with Crippen molar-refractivity contribution in [3.8, 4) is 5.75 Å². The van der Waals surface area contributed by atoms with E-state index in [1.807, 2.05) is 0 Å². The Bertz CT molecular complexity index is 542. The summed E-state index contributed by atoms with van der Waals surface area (Å²) in [4.78, 5) is 0. The molecule has 3 heteroatoms. The first kappa shape index (κ1) is 9.73. The number of rotatable bonds is 1. The molecule has 2 aromatic rings. The number of nitrogens with one attached hydrogen (secondary N) is 1. The first-order valence-corrected chi connectivity index (χ1v) is 5.67. The van der Waals surface area contributed by atoms with Crippen molar-refractivity contribution in [3.63, 3.8) is 0 Å². The van der Waals surface area contributed by atoms with Gasteiger partial charge in [-0.2, -0.15) is 0 Å². The maximum Gasteiger partial charge on any atom is 0.143 e. The molecule has 1 aliphatic rings. The minimum atomic E-state index is 0.956. The quantitative estimate of drug-likeness (QED) is 0.789. The van der Waals surface area contributed by atoms with E-state index in [1.54, 1.807) is 7.11 Å². The third kappa shape index (κ3) is 1.25. The Morgan fingerprint density at radius 3 is 3.06 bits per heavy atom. The second-order valence-electron chi connectivity index (χ2n) is 4.31. The molecule has 0 atom stereocenters. The van der Waals surface area contributed by atoms with Gasteiger partial charge in [0.05, 0.1) is 12.6 Å². The lowest BCUT2D eigenvalue weighted by Gasteiger charge is -2.18. The van der Waals surface area contributed by atoms with Crippen LogP contribution in [0.3, 0.4) is 0 Å². The molecule has 1 aromatic heterocycles. The SMILES string of the molecule is COc1ccc(C)c2cc3n(c12)CCNC3. The van der Waals surface area contributed by atoms with Crippen LogP contribution in [0.2, 0.25) is 0 Å². The van der Waals surface area contributed by atoms with Crippen LogP contribution in [-0.4, -0.2) is 18.2 Å². The van der Waals surface area contributed by atoms with E-state index in [0.29, 0.717) is 0 Å². The van der Waals surface area contributed by atoms with Gasteiger partial charge < -0.3 is 14.6 Å². The lowest BCUT2D eigenvalue weighted by molar-refractivity contribution is 0.415. The van der Waals surface area contributed by atoms with Gasteiger partial charge in [-0.05, 0) is 24.6 Å². The van der Waals surface area contributed by atoms with E-state index in [-0.39, 0.29) is 0 Å². The van der Waals surface area contributed by atoms with Gasteiger partial charge in [0.15, 0.2) is 0 Å². The molecule has 0 saturated heterocycles. The van der Waals surface area contributed by atoms with E-state index >= 15 is 0 Å². The molecule has 0 amide bonds. The van der Waals surface area contributed by atoms with Gasteiger partial charge in [-0.3, -0.25) is 0 Å². The van der Waals surface area contributed by atoms with Gasteiger partial charge in [-0.25, -0.2) is 0 Å². The van der Waals surface area contributed by atoms with E-state index in [2.05, 4.69) is 35.0 Å². The molecule has 3 nitrogen and oxygen atoms in total. The zero-order chi connectivity index (χ0) is 11.1. The Kier molecular flexibility index (Phi) is 2.14. The molecule has 0 spiro atoms. The van der Waals surface area contributed by atoms with Gasteiger partial charge in [0.1, 0.15) is 5.75 Å². The van der Waals surface area contributed by atoms with Crippen LogP contribution in [0.4, 0.5) is 0 Å². The second kappa shape index (κ2) is 3.52. The third-order valence-electron chi connectivity index (χ3n) is 3.36. The summed E-state index contributed by atoms with van der Waals surface area (Å²) in [5.41, 5.74) is 3.92. The fourth-order valence-corrected chi connectivity index (χ4v) is 2.51. The first-order valence-electron chi connectivity index (χ1n) is 5.67. The first-order chi connectivity index (χ1) is 7.81. The largest absolute Gasteiger partial charge is 0.495 e. The van der Waals surface area contributed by atoms with E-state index in [9.17, 15) is 0 Å². The molecule has 0 fully saturated rings. The molecule has 1 aromatic carbocycles. The van der Waals surface area contributed by atoms with Crippen LogP contribution in [0.15, 0.2) is 18.2 Å². The molecular weight excluding hydrogens is 200 g/mol. The van der Waals surface area contributed by atoms with Gasteiger partial charge in [0.2, 0.25) is 0 Å². The van der Waals surface area contributed by atoms with Gasteiger partial charge in [-0.1, -0.05) is 6.07 Å². The average molecular weight is 216 g/mol. The minimum Gasteiger partial charge on any atom is -0.495 e. The van der Waals surface area contributed by atoms with Gasteiger partial charge >= 0.3 is 0 Å². The zero-order valence-corrected chi connectivity index (χ0v) is 9.71. The minimum absolute atomic E-state index is 0.956. The summed E-state index contributed by atoms with van der Waals surface area (Å²) in [6, 6.07) is 6.47. The Morgan fingerprint density at radius 1 is 1.38 bits per heavy atom. The number of hydrogen-bond donors (Lipinski definition) is 1. The van der Waals surface area contributed by atoms with Crippen LogP contribution < -0.4 is 10.1 Å². The summed E-state index contributed by atoms with van der Waals surface area (Å²) < 4.78 is 7.84. The van der Waals surface area contributed by atoms with Crippen LogP contribution in [0, 0.1) is 6.92 Å². The van der Waals surface area contributed by atoms with Crippen molar-refractivity contribution in [2.24, 2.45) is 0 Å². The molecule has 3 rings (SSSR count). The number of aryl methyl sites for hydroxylation is 1. The molecule has 0 saturated carbocycles. The molecule has 0 unspecified atom stereocenters. The molecule has 84 valence electrons. The highest BCUT2D eigenvalue weighted by Gasteiger charge is 2.16.